The molecule has 1 saturated heterocycles. The topological polar surface area (TPSA) is 78.6 Å². The van der Waals surface area contributed by atoms with Crippen molar-refractivity contribution in [3.63, 3.8) is 0 Å². The van der Waals surface area contributed by atoms with Crippen LogP contribution in [0.1, 0.15) is 0 Å². The molecule has 0 aliphatic carbocycles. The molecule has 1 heterocycles. The minimum absolute atomic E-state index is 0. The van der Waals surface area contributed by atoms with Gasteiger partial charge in [-0.1, -0.05) is 12.1 Å². The van der Waals surface area contributed by atoms with Gasteiger partial charge in [0.2, 0.25) is 0 Å². The summed E-state index contributed by atoms with van der Waals surface area (Å²) in [4.78, 5) is 14.7. The zero-order chi connectivity index (χ0) is 17.3. The van der Waals surface area contributed by atoms with E-state index >= 15 is 0 Å². The van der Waals surface area contributed by atoms with Gasteiger partial charge in [0.05, 0.1) is 25.8 Å². The third-order valence-corrected chi connectivity index (χ3v) is 4.91. The third kappa shape index (κ3) is 4.15. The van der Waals surface area contributed by atoms with E-state index in [2.05, 4.69) is 24.3 Å². The highest BCUT2D eigenvalue weighted by Gasteiger charge is 2.29. The fourth-order valence-corrected chi connectivity index (χ4v) is 3.21. The molecule has 0 spiro atoms. The molecule has 0 bridgehead atoms. The van der Waals surface area contributed by atoms with Crippen molar-refractivity contribution < 1.29 is 26.8 Å². The van der Waals surface area contributed by atoms with Crippen LogP contribution in [-0.2, 0) is 4.79 Å². The van der Waals surface area contributed by atoms with Crippen LogP contribution in [-0.4, -0.2) is 67.2 Å². The highest BCUT2D eigenvalue weighted by atomic mass is 35.5. The Kier molecular flexibility index (Phi) is 5.77. The first-order valence-corrected chi connectivity index (χ1v) is 8.20. The van der Waals surface area contributed by atoms with Crippen LogP contribution in [0.25, 0.3) is 10.8 Å². The number of halogens is 1. The lowest BCUT2D eigenvalue weighted by molar-refractivity contribution is -0.905. The number of nitrogen functional groups attached to an aromatic ring is 1. The zero-order valence-corrected chi connectivity index (χ0v) is 15.4. The number of nitrogens with zero attached hydrogens (tertiary/aromatic N) is 2. The van der Waals surface area contributed by atoms with Crippen molar-refractivity contribution in [2.45, 2.75) is 0 Å². The number of fused-ring (bicyclic) bond motifs is 1. The van der Waals surface area contributed by atoms with Gasteiger partial charge in [-0.25, -0.2) is 0 Å². The van der Waals surface area contributed by atoms with E-state index < -0.39 is 0 Å². The number of likely N-dealkylation sites (N-methyl/N-ethyl adjacent to an activating group) is 2. The molecule has 0 saturated carbocycles. The maximum absolute atomic E-state index is 12.4. The number of nitrogens with two attached hydrogens (primary N) is 1. The van der Waals surface area contributed by atoms with Crippen molar-refractivity contribution in [2.24, 2.45) is 0 Å². The number of anilines is 2. The van der Waals surface area contributed by atoms with Gasteiger partial charge in [0, 0.05) is 29.5 Å². The van der Waals surface area contributed by atoms with E-state index in [9.17, 15) is 9.90 Å². The van der Waals surface area contributed by atoms with E-state index in [1.807, 2.05) is 6.07 Å². The Morgan fingerprint density at radius 2 is 1.92 bits per heavy atom. The number of quaternary nitrogens is 1. The Hall–Kier alpha value is -2.02. The number of carbonyl (C=O) groups excluding carboxylic acids is 1. The predicted octanol–water partition coefficient (Wildman–Crippen LogP) is -1.54. The van der Waals surface area contributed by atoms with Gasteiger partial charge in [-0.3, -0.25) is 9.69 Å². The second-order valence-electron chi connectivity index (χ2n) is 6.98. The number of benzene rings is 2. The van der Waals surface area contributed by atoms with Crippen molar-refractivity contribution in [3.8, 4) is 5.75 Å². The maximum Gasteiger partial charge on any atom is 0.279 e. The number of rotatable bonds is 3. The molecule has 136 valence electrons. The minimum Gasteiger partial charge on any atom is -1.00 e. The standard InChI is InChI=1S/C18H24N4O2.ClH/c1-21-8-10-22(2,11-9-21)12-17(23)20-16-7-6-13-14(18(16)24)4-3-5-15(13)19;/h3-7H,8-12,19H2,1-2H3,(H-,20,23,24);1H. The number of amides is 1. The largest absolute Gasteiger partial charge is 1.00 e. The normalized spacial score (nSPS) is 17.0. The average molecular weight is 365 g/mol. The average Bonchev–Trinajstić information content (AvgIpc) is 2.54. The van der Waals surface area contributed by atoms with Crippen LogP contribution in [0.4, 0.5) is 11.4 Å². The minimum atomic E-state index is -0.0828. The Morgan fingerprint density at radius 3 is 2.60 bits per heavy atom. The summed E-state index contributed by atoms with van der Waals surface area (Å²) in [5.74, 6) is -0.0187. The van der Waals surface area contributed by atoms with Crippen LogP contribution < -0.4 is 23.5 Å². The smallest absolute Gasteiger partial charge is 0.279 e. The lowest BCUT2D eigenvalue weighted by Gasteiger charge is -2.40. The van der Waals surface area contributed by atoms with Gasteiger partial charge in [-0.15, -0.1) is 0 Å². The number of carbonyl (C=O) groups is 1. The van der Waals surface area contributed by atoms with Crippen molar-refractivity contribution >= 4 is 28.1 Å². The molecule has 1 aliphatic rings. The molecular formula is C18H25ClN4O2. The molecule has 4 N–H and O–H groups in total. The first-order valence-electron chi connectivity index (χ1n) is 8.20. The molecule has 3 rings (SSSR count). The summed E-state index contributed by atoms with van der Waals surface area (Å²) >= 11 is 0. The van der Waals surface area contributed by atoms with Crippen LogP contribution in [0.5, 0.6) is 5.75 Å². The molecule has 0 radical (unpaired) electrons. The van der Waals surface area contributed by atoms with Crippen LogP contribution >= 0.6 is 0 Å². The van der Waals surface area contributed by atoms with E-state index in [-0.39, 0.29) is 24.1 Å². The number of hydrogen-bond donors (Lipinski definition) is 3. The van der Waals surface area contributed by atoms with Crippen LogP contribution in [0.15, 0.2) is 30.3 Å². The summed E-state index contributed by atoms with van der Waals surface area (Å²) in [6, 6.07) is 8.91. The van der Waals surface area contributed by atoms with Crippen molar-refractivity contribution in [1.29, 1.82) is 0 Å². The molecular weight excluding hydrogens is 340 g/mol. The molecule has 6 nitrogen and oxygen atoms in total. The van der Waals surface area contributed by atoms with Gasteiger partial charge in [0.25, 0.3) is 5.91 Å². The number of piperazine rings is 1. The van der Waals surface area contributed by atoms with Crippen molar-refractivity contribution in [1.82, 2.24) is 4.90 Å². The molecule has 0 atom stereocenters. The lowest BCUT2D eigenvalue weighted by atomic mass is 10.1. The van der Waals surface area contributed by atoms with Gasteiger partial charge >= 0.3 is 0 Å². The Balaban J connectivity index is 0.00000225. The van der Waals surface area contributed by atoms with Crippen molar-refractivity contribution in [2.75, 3.05) is 57.9 Å². The molecule has 1 fully saturated rings. The quantitative estimate of drug-likeness (QED) is 0.350. The second kappa shape index (κ2) is 7.47. The summed E-state index contributed by atoms with van der Waals surface area (Å²) in [6.45, 7) is 4.28. The molecule has 25 heavy (non-hydrogen) atoms. The van der Waals surface area contributed by atoms with Crippen LogP contribution in [0.2, 0.25) is 0 Å². The van der Waals surface area contributed by atoms with E-state index in [4.69, 9.17) is 5.73 Å². The monoisotopic (exact) mass is 364 g/mol. The van der Waals surface area contributed by atoms with Gasteiger partial charge < -0.3 is 33.0 Å². The highest BCUT2D eigenvalue weighted by molar-refractivity contribution is 6.03. The molecule has 0 aromatic heterocycles. The Labute approximate surface area is 154 Å². The van der Waals surface area contributed by atoms with E-state index in [1.165, 1.54) is 0 Å². The molecule has 1 amide bonds. The Morgan fingerprint density at radius 1 is 1.24 bits per heavy atom. The highest BCUT2D eigenvalue weighted by Crippen LogP contribution is 2.35. The predicted molar refractivity (Wildman–Crippen MR) is 96.9 cm³/mol. The van der Waals surface area contributed by atoms with Gasteiger partial charge in [0.15, 0.2) is 6.54 Å². The SMILES string of the molecule is CN1CC[N+](C)(CC(=O)Nc2ccc3c(N)cccc3c2O)CC1.[Cl-]. The van der Waals surface area contributed by atoms with Gasteiger partial charge in [0.1, 0.15) is 5.75 Å². The fourth-order valence-electron chi connectivity index (χ4n) is 3.21. The summed E-state index contributed by atoms with van der Waals surface area (Å²) in [5.41, 5.74) is 6.96. The van der Waals surface area contributed by atoms with E-state index in [1.54, 1.807) is 24.3 Å². The zero-order valence-electron chi connectivity index (χ0n) is 14.6. The van der Waals surface area contributed by atoms with E-state index in [0.717, 1.165) is 36.0 Å². The first-order chi connectivity index (χ1) is 11.4. The number of phenolic OH excluding ortho intramolecular Hbond substituents is 1. The molecule has 7 heteroatoms. The molecule has 1 aliphatic heterocycles. The van der Waals surface area contributed by atoms with Crippen LogP contribution in [0, 0.1) is 0 Å². The second-order valence-corrected chi connectivity index (χ2v) is 6.98. The summed E-state index contributed by atoms with van der Waals surface area (Å²) < 4.78 is 0.720. The summed E-state index contributed by atoms with van der Waals surface area (Å²) in [6.07, 6.45) is 0. The van der Waals surface area contributed by atoms with Gasteiger partial charge in [-0.2, -0.15) is 0 Å². The van der Waals surface area contributed by atoms with E-state index in [0.29, 0.717) is 23.3 Å². The van der Waals surface area contributed by atoms with Gasteiger partial charge in [-0.05, 0) is 25.2 Å². The number of phenols is 1. The number of hydrogen-bond acceptors (Lipinski definition) is 4. The lowest BCUT2D eigenvalue weighted by Crippen LogP contribution is -3.00. The Bertz CT molecular complexity index is 773. The molecule has 0 unspecified atom stereocenters. The maximum atomic E-state index is 12.4. The van der Waals surface area contributed by atoms with Crippen LogP contribution in [0.3, 0.4) is 0 Å². The van der Waals surface area contributed by atoms with Crippen molar-refractivity contribution in [3.05, 3.63) is 30.3 Å². The third-order valence-electron chi connectivity index (χ3n) is 4.91. The summed E-state index contributed by atoms with van der Waals surface area (Å²) in [5, 5.41) is 14.7. The molecule has 2 aromatic carbocycles. The fraction of sp³-hybridized carbons (Fsp3) is 0.389. The molecule has 2 aromatic rings. The summed E-state index contributed by atoms with van der Waals surface area (Å²) in [7, 11) is 4.20. The number of aromatic hydroxyl groups is 1. The first kappa shape index (κ1) is 19.3. The number of nitrogens with one attached hydrogen (secondary N) is 1.